The van der Waals surface area contributed by atoms with E-state index in [4.69, 9.17) is 9.84 Å². The summed E-state index contributed by atoms with van der Waals surface area (Å²) in [7, 11) is 1.66. The van der Waals surface area contributed by atoms with Gasteiger partial charge in [0.2, 0.25) is 0 Å². The maximum atomic E-state index is 11.0. The number of aryl methyl sites for hydroxylation is 1. The van der Waals surface area contributed by atoms with Gasteiger partial charge in [-0.15, -0.1) is 0 Å². The van der Waals surface area contributed by atoms with Crippen LogP contribution in [0.25, 0.3) is 0 Å². The van der Waals surface area contributed by atoms with E-state index in [9.17, 15) is 4.79 Å². The van der Waals surface area contributed by atoms with Crippen molar-refractivity contribution in [1.82, 2.24) is 4.90 Å². The summed E-state index contributed by atoms with van der Waals surface area (Å²) in [5.41, 5.74) is 1.25. The highest BCUT2D eigenvalue weighted by molar-refractivity contribution is 5.69. The van der Waals surface area contributed by atoms with Gasteiger partial charge in [0, 0.05) is 12.1 Å². The third-order valence-electron chi connectivity index (χ3n) is 4.05. The maximum absolute atomic E-state index is 11.0. The number of rotatable bonds is 9. The number of benzene rings is 1. The van der Waals surface area contributed by atoms with Gasteiger partial charge in [0.15, 0.2) is 0 Å². The quantitative estimate of drug-likeness (QED) is 0.759. The number of methoxy groups -OCH3 is 1. The molecule has 0 fully saturated rings. The van der Waals surface area contributed by atoms with Crippen molar-refractivity contribution in [1.29, 1.82) is 0 Å². The molecule has 118 valence electrons. The third kappa shape index (κ3) is 5.76. The largest absolute Gasteiger partial charge is 0.497 e. The fourth-order valence-corrected chi connectivity index (χ4v) is 2.47. The lowest BCUT2D eigenvalue weighted by Crippen LogP contribution is -2.43. The predicted molar refractivity (Wildman–Crippen MR) is 84.9 cm³/mol. The Balaban J connectivity index is 2.59. The molecule has 0 bridgehead atoms. The highest BCUT2D eigenvalue weighted by Gasteiger charge is 2.21. The Bertz CT molecular complexity index is 430. The molecule has 0 saturated carbocycles. The monoisotopic (exact) mass is 293 g/mol. The summed E-state index contributed by atoms with van der Waals surface area (Å²) >= 11 is 0. The fraction of sp³-hybridized carbons (Fsp3) is 0.588. The molecule has 0 aromatic heterocycles. The molecule has 0 heterocycles. The minimum atomic E-state index is -0.758. The first-order valence-electron chi connectivity index (χ1n) is 7.58. The van der Waals surface area contributed by atoms with E-state index in [0.717, 1.165) is 25.0 Å². The van der Waals surface area contributed by atoms with Gasteiger partial charge in [0.1, 0.15) is 5.75 Å². The van der Waals surface area contributed by atoms with Gasteiger partial charge in [-0.2, -0.15) is 0 Å². The van der Waals surface area contributed by atoms with Crippen molar-refractivity contribution in [3.63, 3.8) is 0 Å². The van der Waals surface area contributed by atoms with Crippen LogP contribution in [-0.4, -0.2) is 41.7 Å². The predicted octanol–water partition coefficient (Wildman–Crippen LogP) is 3.20. The van der Waals surface area contributed by atoms with Crippen LogP contribution in [-0.2, 0) is 11.2 Å². The van der Waals surface area contributed by atoms with Gasteiger partial charge in [-0.3, -0.25) is 9.69 Å². The smallest absolute Gasteiger partial charge is 0.317 e. The minimum Gasteiger partial charge on any atom is -0.497 e. The van der Waals surface area contributed by atoms with Crippen LogP contribution < -0.4 is 4.74 Å². The van der Waals surface area contributed by atoms with Gasteiger partial charge in [-0.25, -0.2) is 0 Å². The van der Waals surface area contributed by atoms with Gasteiger partial charge in [0.05, 0.1) is 13.7 Å². The van der Waals surface area contributed by atoms with Gasteiger partial charge < -0.3 is 9.84 Å². The van der Waals surface area contributed by atoms with Crippen molar-refractivity contribution in [2.75, 3.05) is 13.7 Å². The second-order valence-corrected chi connectivity index (χ2v) is 5.56. The number of aliphatic carboxylic acids is 1. The highest BCUT2D eigenvalue weighted by Crippen LogP contribution is 2.16. The molecule has 0 aliphatic rings. The number of hydrogen-bond acceptors (Lipinski definition) is 3. The Morgan fingerprint density at radius 1 is 1.24 bits per heavy atom. The lowest BCUT2D eigenvalue weighted by Gasteiger charge is -2.32. The van der Waals surface area contributed by atoms with E-state index < -0.39 is 5.97 Å². The van der Waals surface area contributed by atoms with Crippen molar-refractivity contribution in [3.05, 3.63) is 29.8 Å². The van der Waals surface area contributed by atoms with Crippen molar-refractivity contribution < 1.29 is 14.6 Å². The van der Waals surface area contributed by atoms with Crippen LogP contribution in [0, 0.1) is 0 Å². The SMILES string of the molecule is CCC(C)N(CC(=O)O)C(C)CCc1ccc(OC)cc1. The van der Waals surface area contributed by atoms with E-state index >= 15 is 0 Å². The second kappa shape index (κ2) is 8.67. The van der Waals surface area contributed by atoms with E-state index in [-0.39, 0.29) is 18.6 Å². The second-order valence-electron chi connectivity index (χ2n) is 5.56. The van der Waals surface area contributed by atoms with Gasteiger partial charge in [-0.05, 0) is 50.8 Å². The Morgan fingerprint density at radius 2 is 1.86 bits per heavy atom. The van der Waals surface area contributed by atoms with Crippen LogP contribution >= 0.6 is 0 Å². The summed E-state index contributed by atoms with van der Waals surface area (Å²) in [5.74, 6) is 0.102. The molecule has 0 radical (unpaired) electrons. The third-order valence-corrected chi connectivity index (χ3v) is 4.05. The molecule has 0 spiro atoms. The maximum Gasteiger partial charge on any atom is 0.317 e. The lowest BCUT2D eigenvalue weighted by molar-refractivity contribution is -0.139. The summed E-state index contributed by atoms with van der Waals surface area (Å²) in [4.78, 5) is 13.1. The Kier molecular flexibility index (Phi) is 7.23. The molecule has 1 rings (SSSR count). The molecule has 21 heavy (non-hydrogen) atoms. The highest BCUT2D eigenvalue weighted by atomic mass is 16.5. The number of nitrogens with zero attached hydrogens (tertiary/aromatic N) is 1. The molecular weight excluding hydrogens is 266 g/mol. The number of ether oxygens (including phenoxy) is 1. The first kappa shape index (κ1) is 17.5. The van der Waals surface area contributed by atoms with Crippen LogP contribution in [0.4, 0.5) is 0 Å². The van der Waals surface area contributed by atoms with Crippen LogP contribution in [0.2, 0.25) is 0 Å². The zero-order valence-electron chi connectivity index (χ0n) is 13.5. The normalized spacial score (nSPS) is 14.0. The molecule has 1 aromatic rings. The van der Waals surface area contributed by atoms with Gasteiger partial charge >= 0.3 is 5.97 Å². The van der Waals surface area contributed by atoms with Gasteiger partial charge in [0.25, 0.3) is 0 Å². The van der Waals surface area contributed by atoms with Gasteiger partial charge in [-0.1, -0.05) is 19.1 Å². The van der Waals surface area contributed by atoms with Crippen molar-refractivity contribution in [2.24, 2.45) is 0 Å². The Hall–Kier alpha value is -1.55. The molecule has 0 aliphatic heterocycles. The number of carboxylic acid groups (broad SMARTS) is 1. The summed E-state index contributed by atoms with van der Waals surface area (Å²) in [6.45, 7) is 6.40. The Labute approximate surface area is 127 Å². The van der Waals surface area contributed by atoms with Crippen LogP contribution in [0.5, 0.6) is 5.75 Å². The molecular formula is C17H27NO3. The molecule has 1 N–H and O–H groups in total. The molecule has 2 atom stereocenters. The molecule has 0 aliphatic carbocycles. The lowest BCUT2D eigenvalue weighted by atomic mass is 10.0. The average molecular weight is 293 g/mol. The van der Waals surface area contributed by atoms with Crippen molar-refractivity contribution in [3.8, 4) is 5.75 Å². The molecule has 4 heteroatoms. The Morgan fingerprint density at radius 3 is 2.33 bits per heavy atom. The molecule has 0 saturated heterocycles. The van der Waals surface area contributed by atoms with Crippen LogP contribution in [0.1, 0.15) is 39.2 Å². The van der Waals surface area contributed by atoms with Crippen LogP contribution in [0.3, 0.4) is 0 Å². The van der Waals surface area contributed by atoms with E-state index in [2.05, 4.69) is 37.8 Å². The number of carboxylic acids is 1. The van der Waals surface area contributed by atoms with E-state index in [1.54, 1.807) is 7.11 Å². The zero-order valence-corrected chi connectivity index (χ0v) is 13.5. The minimum absolute atomic E-state index is 0.110. The summed E-state index contributed by atoms with van der Waals surface area (Å²) < 4.78 is 5.15. The number of hydrogen-bond donors (Lipinski definition) is 1. The average Bonchev–Trinajstić information content (AvgIpc) is 2.49. The summed E-state index contributed by atoms with van der Waals surface area (Å²) in [6, 6.07) is 8.59. The van der Waals surface area contributed by atoms with E-state index in [0.29, 0.717) is 0 Å². The zero-order chi connectivity index (χ0) is 15.8. The fourth-order valence-electron chi connectivity index (χ4n) is 2.47. The molecule has 0 amide bonds. The van der Waals surface area contributed by atoms with Crippen molar-refractivity contribution >= 4 is 5.97 Å². The first-order valence-corrected chi connectivity index (χ1v) is 7.58. The van der Waals surface area contributed by atoms with Crippen LogP contribution in [0.15, 0.2) is 24.3 Å². The summed E-state index contributed by atoms with van der Waals surface area (Å²) in [5, 5.41) is 9.06. The van der Waals surface area contributed by atoms with E-state index in [1.165, 1.54) is 5.56 Å². The molecule has 4 nitrogen and oxygen atoms in total. The topological polar surface area (TPSA) is 49.8 Å². The molecule has 1 aromatic carbocycles. The van der Waals surface area contributed by atoms with Crippen molar-refractivity contribution in [2.45, 2.75) is 52.1 Å². The first-order chi connectivity index (χ1) is 9.97. The number of carbonyl (C=O) groups is 1. The molecule has 2 unspecified atom stereocenters. The van der Waals surface area contributed by atoms with E-state index in [1.807, 2.05) is 12.1 Å². The standard InChI is InChI=1S/C17H27NO3/c1-5-13(2)18(12-17(19)20)14(3)6-7-15-8-10-16(21-4)11-9-15/h8-11,13-14H,5-7,12H2,1-4H3,(H,19,20). The summed E-state index contributed by atoms with van der Waals surface area (Å²) in [6.07, 6.45) is 2.85.